The first-order chi connectivity index (χ1) is 11.2. The Labute approximate surface area is 132 Å². The van der Waals surface area contributed by atoms with Crippen molar-refractivity contribution >= 4 is 0 Å². The fourth-order valence-electron chi connectivity index (χ4n) is 2.29. The first kappa shape index (κ1) is 14.8. The Morgan fingerprint density at radius 2 is 1.83 bits per heavy atom. The van der Waals surface area contributed by atoms with Crippen LogP contribution in [0.15, 0.2) is 55.1 Å². The van der Waals surface area contributed by atoms with Crippen LogP contribution in [0.25, 0.3) is 0 Å². The molecule has 1 aromatic heterocycles. The van der Waals surface area contributed by atoms with E-state index in [-0.39, 0.29) is 5.75 Å². The smallest absolute Gasteiger partial charge is 0.138 e. The van der Waals surface area contributed by atoms with Crippen LogP contribution in [0, 0.1) is 5.82 Å². The molecule has 0 spiro atoms. The fraction of sp³-hybridized carbons (Fsp3) is 0.125. The number of nitrogens with one attached hydrogen (secondary N) is 1. The van der Waals surface area contributed by atoms with E-state index in [1.54, 1.807) is 23.9 Å². The summed E-state index contributed by atoms with van der Waals surface area (Å²) >= 11 is 0. The number of hydrogen-bond donors (Lipinski definition) is 2. The third kappa shape index (κ3) is 3.23. The quantitative estimate of drug-likeness (QED) is 0.757. The number of hydrogen-bond acceptors (Lipinski definition) is 5. The number of aromatic nitrogens is 3. The Bertz CT molecular complexity index is 775. The molecule has 0 aliphatic rings. The molecule has 118 valence electrons. The van der Waals surface area contributed by atoms with Crippen molar-refractivity contribution < 1.29 is 14.2 Å². The SMILES string of the molecule is COc1ccc(C(Nn2cnnc2)c2cc(F)ccc2O)cc1. The van der Waals surface area contributed by atoms with Gasteiger partial charge in [-0.3, -0.25) is 0 Å². The van der Waals surface area contributed by atoms with Gasteiger partial charge in [-0.2, -0.15) is 0 Å². The Hall–Kier alpha value is -3.09. The highest BCUT2D eigenvalue weighted by Crippen LogP contribution is 2.31. The molecule has 1 atom stereocenters. The summed E-state index contributed by atoms with van der Waals surface area (Å²) in [6.07, 6.45) is 2.96. The number of aromatic hydroxyl groups is 1. The van der Waals surface area contributed by atoms with Crippen molar-refractivity contribution in [3.63, 3.8) is 0 Å². The molecule has 1 unspecified atom stereocenters. The molecule has 23 heavy (non-hydrogen) atoms. The molecule has 3 aromatic rings. The van der Waals surface area contributed by atoms with Crippen LogP contribution in [0.2, 0.25) is 0 Å². The highest BCUT2D eigenvalue weighted by molar-refractivity contribution is 5.44. The van der Waals surface area contributed by atoms with Crippen LogP contribution >= 0.6 is 0 Å². The highest BCUT2D eigenvalue weighted by Gasteiger charge is 2.19. The first-order valence-corrected chi connectivity index (χ1v) is 6.91. The number of phenolic OH excluding ortho intramolecular Hbond substituents is 1. The van der Waals surface area contributed by atoms with Crippen molar-refractivity contribution in [2.45, 2.75) is 6.04 Å². The van der Waals surface area contributed by atoms with E-state index in [2.05, 4.69) is 15.6 Å². The predicted molar refractivity (Wildman–Crippen MR) is 82.3 cm³/mol. The highest BCUT2D eigenvalue weighted by atomic mass is 19.1. The Kier molecular flexibility index (Phi) is 4.09. The summed E-state index contributed by atoms with van der Waals surface area (Å²) in [5, 5.41) is 17.6. The molecule has 2 N–H and O–H groups in total. The van der Waals surface area contributed by atoms with Crippen molar-refractivity contribution in [1.29, 1.82) is 0 Å². The number of halogens is 1. The molecule has 0 fully saturated rings. The third-order valence-corrected chi connectivity index (χ3v) is 3.45. The summed E-state index contributed by atoms with van der Waals surface area (Å²) in [4.78, 5) is 0. The van der Waals surface area contributed by atoms with Gasteiger partial charge in [0.1, 0.15) is 30.0 Å². The molecule has 7 heteroatoms. The van der Waals surface area contributed by atoms with Crippen molar-refractivity contribution in [2.75, 3.05) is 12.5 Å². The van der Waals surface area contributed by atoms with Crippen LogP contribution in [-0.4, -0.2) is 27.1 Å². The number of phenols is 1. The molecule has 0 saturated heterocycles. The van der Waals surface area contributed by atoms with Crippen LogP contribution in [0.3, 0.4) is 0 Å². The van der Waals surface area contributed by atoms with Gasteiger partial charge >= 0.3 is 0 Å². The average molecular weight is 314 g/mol. The topological polar surface area (TPSA) is 72.2 Å². The fourth-order valence-corrected chi connectivity index (χ4v) is 2.29. The van der Waals surface area contributed by atoms with E-state index in [0.717, 1.165) is 5.56 Å². The van der Waals surface area contributed by atoms with Crippen LogP contribution in [0.4, 0.5) is 4.39 Å². The van der Waals surface area contributed by atoms with Gasteiger partial charge < -0.3 is 15.3 Å². The van der Waals surface area contributed by atoms with Crippen LogP contribution in [0.5, 0.6) is 11.5 Å². The molecule has 2 aromatic carbocycles. The van der Waals surface area contributed by atoms with Gasteiger partial charge in [0.25, 0.3) is 0 Å². The minimum atomic E-state index is -0.493. The number of nitrogens with zero attached hydrogens (tertiary/aromatic N) is 3. The zero-order valence-electron chi connectivity index (χ0n) is 12.3. The molecule has 0 amide bonds. The third-order valence-electron chi connectivity index (χ3n) is 3.45. The number of ether oxygens (including phenoxy) is 1. The second-order valence-electron chi connectivity index (χ2n) is 4.91. The van der Waals surface area contributed by atoms with Gasteiger partial charge in [-0.15, -0.1) is 10.2 Å². The standard InChI is InChI=1S/C16H15FN4O2/c1-23-13-5-2-11(3-6-13)16(20-21-9-18-19-10-21)14-8-12(17)4-7-15(14)22/h2-10,16,20,22H,1H3. The van der Waals surface area contributed by atoms with Gasteiger partial charge in [-0.05, 0) is 35.9 Å². The lowest BCUT2D eigenvalue weighted by molar-refractivity contribution is 0.414. The summed E-state index contributed by atoms with van der Waals surface area (Å²) in [5.74, 6) is 0.273. The van der Waals surface area contributed by atoms with Crippen LogP contribution < -0.4 is 10.2 Å². The number of methoxy groups -OCH3 is 1. The van der Waals surface area contributed by atoms with Crippen molar-refractivity contribution in [2.24, 2.45) is 0 Å². The molecule has 0 radical (unpaired) electrons. The minimum absolute atomic E-state index is 0.00667. The summed E-state index contributed by atoms with van der Waals surface area (Å²) in [5.41, 5.74) is 4.35. The summed E-state index contributed by atoms with van der Waals surface area (Å²) < 4.78 is 20.3. The molecule has 6 nitrogen and oxygen atoms in total. The van der Waals surface area contributed by atoms with Gasteiger partial charge in [-0.25, -0.2) is 9.07 Å². The summed E-state index contributed by atoms with van der Waals surface area (Å²) in [6, 6.07) is 10.6. The van der Waals surface area contributed by atoms with E-state index in [0.29, 0.717) is 11.3 Å². The minimum Gasteiger partial charge on any atom is -0.508 e. The van der Waals surface area contributed by atoms with E-state index >= 15 is 0 Å². The maximum absolute atomic E-state index is 13.6. The van der Waals surface area contributed by atoms with E-state index in [9.17, 15) is 9.50 Å². The lowest BCUT2D eigenvalue weighted by Gasteiger charge is -2.22. The van der Waals surface area contributed by atoms with Gasteiger partial charge in [0.05, 0.1) is 13.2 Å². The predicted octanol–water partition coefficient (Wildman–Crippen LogP) is 2.46. The summed E-state index contributed by atoms with van der Waals surface area (Å²) in [7, 11) is 1.58. The van der Waals surface area contributed by atoms with E-state index < -0.39 is 11.9 Å². The molecule has 1 heterocycles. The molecule has 0 aliphatic heterocycles. The van der Waals surface area contributed by atoms with Gasteiger partial charge in [-0.1, -0.05) is 12.1 Å². The zero-order chi connectivity index (χ0) is 16.2. The van der Waals surface area contributed by atoms with Crippen molar-refractivity contribution in [3.8, 4) is 11.5 Å². The summed E-state index contributed by atoms with van der Waals surface area (Å²) in [6.45, 7) is 0. The Morgan fingerprint density at radius 1 is 1.13 bits per heavy atom. The largest absolute Gasteiger partial charge is 0.508 e. The van der Waals surface area contributed by atoms with E-state index in [1.807, 2.05) is 12.1 Å². The van der Waals surface area contributed by atoms with E-state index in [4.69, 9.17) is 4.74 Å². The molecule has 0 saturated carbocycles. The monoisotopic (exact) mass is 314 g/mol. The normalized spacial score (nSPS) is 11.9. The molecule has 3 rings (SSSR count). The van der Waals surface area contributed by atoms with Crippen molar-refractivity contribution in [1.82, 2.24) is 14.9 Å². The average Bonchev–Trinajstić information content (AvgIpc) is 3.08. The Morgan fingerprint density at radius 3 is 2.48 bits per heavy atom. The molecular formula is C16H15FN4O2. The molecule has 0 aliphatic carbocycles. The van der Waals surface area contributed by atoms with Crippen molar-refractivity contribution in [3.05, 3.63) is 72.1 Å². The lowest BCUT2D eigenvalue weighted by atomic mass is 9.98. The van der Waals surface area contributed by atoms with Gasteiger partial charge in [0, 0.05) is 5.56 Å². The maximum Gasteiger partial charge on any atom is 0.138 e. The number of benzene rings is 2. The van der Waals surface area contributed by atoms with E-state index in [1.165, 1.54) is 30.9 Å². The van der Waals surface area contributed by atoms with Crippen LogP contribution in [0.1, 0.15) is 17.2 Å². The van der Waals surface area contributed by atoms with Gasteiger partial charge in [0.15, 0.2) is 0 Å². The Balaban J connectivity index is 2.03. The van der Waals surface area contributed by atoms with Crippen LogP contribution in [-0.2, 0) is 0 Å². The molecular weight excluding hydrogens is 299 g/mol. The molecule has 0 bridgehead atoms. The second kappa shape index (κ2) is 6.35. The lowest BCUT2D eigenvalue weighted by Crippen LogP contribution is -2.21. The number of rotatable bonds is 5. The first-order valence-electron chi connectivity index (χ1n) is 6.91. The maximum atomic E-state index is 13.6. The second-order valence-corrected chi connectivity index (χ2v) is 4.91. The van der Waals surface area contributed by atoms with Gasteiger partial charge in [0.2, 0.25) is 0 Å². The zero-order valence-corrected chi connectivity index (χ0v) is 12.3.